The van der Waals surface area contributed by atoms with E-state index < -0.39 is 23.6 Å². The topological polar surface area (TPSA) is 87.9 Å². The van der Waals surface area contributed by atoms with Crippen LogP contribution in [0.15, 0.2) is 30.0 Å². The van der Waals surface area contributed by atoms with E-state index in [-0.39, 0.29) is 22.7 Å². The number of hydrogen-bond acceptors (Lipinski definition) is 6. The highest BCUT2D eigenvalue weighted by Crippen LogP contribution is 2.33. The van der Waals surface area contributed by atoms with E-state index in [2.05, 4.69) is 0 Å². The van der Waals surface area contributed by atoms with Crippen LogP contribution in [0.5, 0.6) is 5.75 Å². The lowest BCUT2D eigenvalue weighted by Crippen LogP contribution is -2.51. The fraction of sp³-hybridized carbons (Fsp3) is 0.474. The van der Waals surface area contributed by atoms with Gasteiger partial charge in [0.25, 0.3) is 0 Å². The van der Waals surface area contributed by atoms with Crippen molar-refractivity contribution in [2.45, 2.75) is 50.2 Å². The Labute approximate surface area is 173 Å². The molecule has 8 heteroatoms. The maximum Gasteiger partial charge on any atom is 0.335 e. The molecule has 0 aromatic heterocycles. The van der Waals surface area contributed by atoms with Gasteiger partial charge < -0.3 is 19.9 Å². The monoisotopic (exact) mass is 459 g/mol. The molecule has 148 valence electrons. The Morgan fingerprint density at radius 2 is 2.04 bits per heavy atom. The highest BCUT2D eigenvalue weighted by molar-refractivity contribution is 8.93. The SMILES string of the molecule is Br.COC1=CC(=O)OC1Cc1cccc(OC(=O)C2(N)CCCCC2)c1Cl. The first-order valence-electron chi connectivity index (χ1n) is 8.68. The Morgan fingerprint density at radius 1 is 1.33 bits per heavy atom. The van der Waals surface area contributed by atoms with Crippen molar-refractivity contribution in [1.82, 2.24) is 0 Å². The lowest BCUT2D eigenvalue weighted by Gasteiger charge is -2.30. The second-order valence-electron chi connectivity index (χ2n) is 6.72. The van der Waals surface area contributed by atoms with Gasteiger partial charge in [0.15, 0.2) is 6.10 Å². The summed E-state index contributed by atoms with van der Waals surface area (Å²) in [6, 6.07) is 5.16. The van der Waals surface area contributed by atoms with Crippen LogP contribution in [0.2, 0.25) is 5.02 Å². The lowest BCUT2D eigenvalue weighted by atomic mass is 9.83. The number of esters is 2. The molecule has 1 unspecified atom stereocenters. The van der Waals surface area contributed by atoms with Crippen molar-refractivity contribution < 1.29 is 23.8 Å². The predicted molar refractivity (Wildman–Crippen MR) is 106 cm³/mol. The number of carbonyl (C=O) groups is 2. The molecule has 2 aliphatic rings. The quantitative estimate of drug-likeness (QED) is 0.535. The number of nitrogens with two attached hydrogens (primary N) is 1. The fourth-order valence-corrected chi connectivity index (χ4v) is 3.60. The van der Waals surface area contributed by atoms with Crippen LogP contribution >= 0.6 is 28.6 Å². The minimum absolute atomic E-state index is 0. The zero-order chi connectivity index (χ0) is 18.7. The van der Waals surface area contributed by atoms with Gasteiger partial charge in [-0.3, -0.25) is 0 Å². The molecule has 1 fully saturated rings. The lowest BCUT2D eigenvalue weighted by molar-refractivity contribution is -0.141. The van der Waals surface area contributed by atoms with Gasteiger partial charge in [0.2, 0.25) is 0 Å². The first kappa shape index (κ1) is 21.7. The van der Waals surface area contributed by atoms with E-state index in [9.17, 15) is 9.59 Å². The van der Waals surface area contributed by atoms with Gasteiger partial charge in [-0.05, 0) is 24.5 Å². The van der Waals surface area contributed by atoms with Crippen LogP contribution < -0.4 is 10.5 Å². The Hall–Kier alpha value is -1.57. The molecule has 6 nitrogen and oxygen atoms in total. The maximum absolute atomic E-state index is 12.5. The molecule has 1 aliphatic carbocycles. The molecule has 0 radical (unpaired) electrons. The van der Waals surface area contributed by atoms with Gasteiger partial charge in [-0.1, -0.05) is 43.0 Å². The van der Waals surface area contributed by atoms with E-state index in [4.69, 9.17) is 31.5 Å². The van der Waals surface area contributed by atoms with Gasteiger partial charge in [-0.15, -0.1) is 17.0 Å². The largest absolute Gasteiger partial charge is 0.497 e. The highest BCUT2D eigenvalue weighted by atomic mass is 79.9. The summed E-state index contributed by atoms with van der Waals surface area (Å²) < 4.78 is 15.9. The number of rotatable bonds is 5. The average molecular weight is 461 g/mol. The molecule has 0 amide bonds. The molecule has 0 spiro atoms. The Morgan fingerprint density at radius 3 is 2.70 bits per heavy atom. The summed E-state index contributed by atoms with van der Waals surface area (Å²) in [4.78, 5) is 24.0. The van der Waals surface area contributed by atoms with Crippen LogP contribution in [0.1, 0.15) is 37.7 Å². The molecule has 2 N–H and O–H groups in total. The molecule has 1 heterocycles. The summed E-state index contributed by atoms with van der Waals surface area (Å²) in [5, 5.41) is 0.304. The van der Waals surface area contributed by atoms with E-state index in [1.165, 1.54) is 13.2 Å². The van der Waals surface area contributed by atoms with Crippen molar-refractivity contribution in [2.75, 3.05) is 7.11 Å². The minimum Gasteiger partial charge on any atom is -0.497 e. The first-order valence-corrected chi connectivity index (χ1v) is 9.05. The molecule has 0 bridgehead atoms. The van der Waals surface area contributed by atoms with Crippen LogP contribution in [0.3, 0.4) is 0 Å². The third-order valence-corrected chi connectivity index (χ3v) is 5.30. The van der Waals surface area contributed by atoms with Gasteiger partial charge >= 0.3 is 11.9 Å². The fourth-order valence-electron chi connectivity index (χ4n) is 3.35. The number of hydrogen-bond donors (Lipinski definition) is 1. The van der Waals surface area contributed by atoms with Crippen LogP contribution in [-0.4, -0.2) is 30.7 Å². The van der Waals surface area contributed by atoms with Gasteiger partial charge in [0.05, 0.1) is 18.2 Å². The summed E-state index contributed by atoms with van der Waals surface area (Å²) >= 11 is 6.42. The highest BCUT2D eigenvalue weighted by Gasteiger charge is 2.37. The molecular formula is C19H23BrClNO5. The Kier molecular flexibility index (Phi) is 7.31. The minimum atomic E-state index is -0.954. The van der Waals surface area contributed by atoms with E-state index in [1.807, 2.05) is 0 Å². The van der Waals surface area contributed by atoms with Crippen molar-refractivity contribution in [3.05, 3.63) is 40.6 Å². The summed E-state index contributed by atoms with van der Waals surface area (Å²) in [5.41, 5.74) is 5.96. The number of ether oxygens (including phenoxy) is 3. The van der Waals surface area contributed by atoms with Crippen molar-refractivity contribution in [2.24, 2.45) is 5.73 Å². The van der Waals surface area contributed by atoms with Crippen LogP contribution in [-0.2, 0) is 25.5 Å². The standard InChI is InChI=1S/C19H22ClNO5.BrH/c1-24-14-11-16(22)25-15(14)10-12-6-5-7-13(17(12)20)26-18(23)19(21)8-3-2-4-9-19;/h5-7,11,15H,2-4,8-10,21H2,1H3;1H. The van der Waals surface area contributed by atoms with Crippen LogP contribution in [0.4, 0.5) is 0 Å². The molecule has 1 aromatic rings. The maximum atomic E-state index is 12.5. The second-order valence-corrected chi connectivity index (χ2v) is 7.09. The van der Waals surface area contributed by atoms with E-state index >= 15 is 0 Å². The third-order valence-electron chi connectivity index (χ3n) is 4.88. The number of cyclic esters (lactones) is 1. The summed E-state index contributed by atoms with van der Waals surface area (Å²) in [6.45, 7) is 0. The average Bonchev–Trinajstić information content (AvgIpc) is 2.98. The van der Waals surface area contributed by atoms with Crippen molar-refractivity contribution >= 4 is 40.5 Å². The van der Waals surface area contributed by atoms with Crippen LogP contribution in [0, 0.1) is 0 Å². The third kappa shape index (κ3) is 4.83. The molecule has 27 heavy (non-hydrogen) atoms. The molecular weight excluding hydrogens is 438 g/mol. The second kappa shape index (κ2) is 9.08. The molecule has 1 aliphatic heterocycles. The van der Waals surface area contributed by atoms with E-state index in [0.29, 0.717) is 35.6 Å². The molecule has 0 saturated heterocycles. The summed E-state index contributed by atoms with van der Waals surface area (Å²) in [7, 11) is 1.48. The summed E-state index contributed by atoms with van der Waals surface area (Å²) in [5.74, 6) is -0.206. The van der Waals surface area contributed by atoms with Crippen molar-refractivity contribution in [3.8, 4) is 5.75 Å². The number of halogens is 2. The summed E-state index contributed by atoms with van der Waals surface area (Å²) in [6.07, 6.45) is 5.23. The van der Waals surface area contributed by atoms with E-state index in [1.54, 1.807) is 18.2 Å². The normalized spacial score (nSPS) is 20.9. The van der Waals surface area contributed by atoms with Crippen molar-refractivity contribution in [3.63, 3.8) is 0 Å². The van der Waals surface area contributed by atoms with Gasteiger partial charge in [-0.25, -0.2) is 9.59 Å². The molecule has 1 saturated carbocycles. The molecule has 3 rings (SSSR count). The number of methoxy groups -OCH3 is 1. The van der Waals surface area contributed by atoms with Crippen molar-refractivity contribution in [1.29, 1.82) is 0 Å². The number of benzene rings is 1. The Bertz CT molecular complexity index is 746. The predicted octanol–water partition coefficient (Wildman–Crippen LogP) is 3.48. The molecule has 1 atom stereocenters. The smallest absolute Gasteiger partial charge is 0.335 e. The molecule has 1 aromatic carbocycles. The van der Waals surface area contributed by atoms with Gasteiger partial charge in [0.1, 0.15) is 17.0 Å². The van der Waals surface area contributed by atoms with Gasteiger partial charge in [0, 0.05) is 6.42 Å². The zero-order valence-corrected chi connectivity index (χ0v) is 17.5. The van der Waals surface area contributed by atoms with E-state index in [0.717, 1.165) is 19.3 Å². The Balaban J connectivity index is 0.00000261. The number of carbonyl (C=O) groups excluding carboxylic acids is 2. The van der Waals surface area contributed by atoms with Crippen LogP contribution in [0.25, 0.3) is 0 Å². The first-order chi connectivity index (χ1) is 12.4. The van der Waals surface area contributed by atoms with Gasteiger partial charge in [-0.2, -0.15) is 0 Å². The zero-order valence-electron chi connectivity index (χ0n) is 15.0.